The summed E-state index contributed by atoms with van der Waals surface area (Å²) in [6, 6.07) is 12.8. The number of rotatable bonds is 8. The Kier molecular flexibility index (Phi) is 7.09. The fraction of sp³-hybridized carbons (Fsp3) is 0.259. The molecule has 190 valence electrons. The second kappa shape index (κ2) is 10.8. The average Bonchev–Trinajstić information content (AvgIpc) is 3.36. The molecule has 1 aromatic carbocycles. The summed E-state index contributed by atoms with van der Waals surface area (Å²) in [5.41, 5.74) is 15.1. The van der Waals surface area contributed by atoms with Crippen LogP contribution in [0.5, 0.6) is 0 Å². The van der Waals surface area contributed by atoms with Crippen molar-refractivity contribution in [3.05, 3.63) is 84.2 Å². The molecule has 37 heavy (non-hydrogen) atoms. The van der Waals surface area contributed by atoms with E-state index in [1.165, 1.54) is 0 Å². The molecule has 1 amide bonds. The number of aromatic nitrogens is 4. The van der Waals surface area contributed by atoms with Gasteiger partial charge < -0.3 is 22.1 Å². The van der Waals surface area contributed by atoms with Crippen molar-refractivity contribution in [1.82, 2.24) is 19.7 Å². The number of nitrogens with two attached hydrogens (primary N) is 2. The van der Waals surface area contributed by atoms with Crippen molar-refractivity contribution in [3.63, 3.8) is 0 Å². The monoisotopic (exact) mass is 500 g/mol. The third-order valence-corrected chi connectivity index (χ3v) is 6.54. The summed E-state index contributed by atoms with van der Waals surface area (Å²) in [6.07, 6.45) is 10.8. The highest BCUT2D eigenvalue weighted by molar-refractivity contribution is 5.98. The molecule has 3 aromatic heterocycles. The van der Waals surface area contributed by atoms with Crippen molar-refractivity contribution < 1.29 is 9.18 Å². The van der Waals surface area contributed by atoms with Gasteiger partial charge in [-0.1, -0.05) is 43.2 Å². The lowest BCUT2D eigenvalue weighted by Crippen LogP contribution is -2.43. The highest BCUT2D eigenvalue weighted by Crippen LogP contribution is 2.28. The van der Waals surface area contributed by atoms with Crippen LogP contribution in [0.1, 0.15) is 41.6 Å². The zero-order valence-corrected chi connectivity index (χ0v) is 20.3. The summed E-state index contributed by atoms with van der Waals surface area (Å²) < 4.78 is 16.7. The van der Waals surface area contributed by atoms with Crippen molar-refractivity contribution in [1.29, 1.82) is 0 Å². The Morgan fingerprint density at radius 1 is 1.05 bits per heavy atom. The van der Waals surface area contributed by atoms with Crippen molar-refractivity contribution in [2.75, 3.05) is 10.6 Å². The fourth-order valence-electron chi connectivity index (χ4n) is 4.56. The van der Waals surface area contributed by atoms with Crippen LogP contribution in [0.25, 0.3) is 11.1 Å². The number of anilines is 3. The number of carbonyl (C=O) groups is 1. The van der Waals surface area contributed by atoms with E-state index in [4.69, 9.17) is 11.5 Å². The van der Waals surface area contributed by atoms with Crippen LogP contribution < -0.4 is 22.1 Å². The third kappa shape index (κ3) is 5.75. The molecule has 0 aliphatic heterocycles. The van der Waals surface area contributed by atoms with E-state index in [1.807, 2.05) is 47.3 Å². The molecular weight excluding hydrogens is 471 g/mol. The van der Waals surface area contributed by atoms with Gasteiger partial charge in [0.2, 0.25) is 0 Å². The molecule has 0 saturated heterocycles. The molecule has 5 rings (SSSR count). The molecule has 0 bridgehead atoms. The predicted molar refractivity (Wildman–Crippen MR) is 141 cm³/mol. The van der Waals surface area contributed by atoms with Gasteiger partial charge in [-0.25, -0.2) is 9.37 Å². The van der Waals surface area contributed by atoms with Crippen LogP contribution >= 0.6 is 0 Å². The quantitative estimate of drug-likeness (QED) is 0.286. The summed E-state index contributed by atoms with van der Waals surface area (Å²) in [5, 5.41) is 10.7. The van der Waals surface area contributed by atoms with E-state index in [2.05, 4.69) is 25.7 Å². The van der Waals surface area contributed by atoms with Crippen molar-refractivity contribution in [2.45, 2.75) is 44.3 Å². The van der Waals surface area contributed by atoms with Crippen molar-refractivity contribution in [3.8, 4) is 11.1 Å². The lowest BCUT2D eigenvalue weighted by molar-refractivity contribution is 0.100. The fourth-order valence-corrected chi connectivity index (χ4v) is 4.56. The first kappa shape index (κ1) is 24.4. The lowest BCUT2D eigenvalue weighted by Gasteiger charge is -2.30. The standard InChI is InChI=1S/C27H29FN8O/c28-22-11-21(25(30)37)26(35-27(22)34-24-9-5-4-8-23(24)29)33-20-10-18(12-31-14-20)19-13-32-36(16-19)15-17-6-2-1-3-7-17/h1-3,6-7,10-14,16,23-24H,4-5,8-9,15,29H2,(H2,30,37)(H2,33,34,35). The van der Waals surface area contributed by atoms with Gasteiger partial charge in [-0.15, -0.1) is 0 Å². The summed E-state index contributed by atoms with van der Waals surface area (Å²) in [5.74, 6) is -1.28. The Morgan fingerprint density at radius 2 is 1.86 bits per heavy atom. The maximum absolute atomic E-state index is 14.8. The van der Waals surface area contributed by atoms with Gasteiger partial charge in [0.05, 0.1) is 30.2 Å². The smallest absolute Gasteiger partial charge is 0.252 e. The number of hydrogen-bond donors (Lipinski definition) is 4. The maximum Gasteiger partial charge on any atom is 0.252 e. The number of benzene rings is 1. The number of amides is 1. The molecule has 4 aromatic rings. The molecule has 1 fully saturated rings. The second-order valence-electron chi connectivity index (χ2n) is 9.28. The first-order valence-electron chi connectivity index (χ1n) is 12.3. The Labute approximate surface area is 214 Å². The van der Waals surface area contributed by atoms with Crippen LogP contribution in [-0.4, -0.2) is 37.7 Å². The van der Waals surface area contributed by atoms with Gasteiger partial charge in [-0.2, -0.15) is 5.10 Å². The van der Waals surface area contributed by atoms with Crippen LogP contribution in [-0.2, 0) is 6.54 Å². The minimum Gasteiger partial charge on any atom is -0.365 e. The second-order valence-corrected chi connectivity index (χ2v) is 9.28. The Bertz CT molecular complexity index is 1390. The summed E-state index contributed by atoms with van der Waals surface area (Å²) in [7, 11) is 0. The van der Waals surface area contributed by atoms with Gasteiger partial charge in [0.15, 0.2) is 11.6 Å². The summed E-state index contributed by atoms with van der Waals surface area (Å²) in [6.45, 7) is 0.647. The molecule has 9 nitrogen and oxygen atoms in total. The zero-order valence-electron chi connectivity index (χ0n) is 20.3. The molecule has 1 aliphatic rings. The SMILES string of the molecule is NC(=O)c1cc(F)c(NC2CCCCC2N)nc1Nc1cncc(-c2cnn(Cc3ccccc3)c2)c1. The van der Waals surface area contributed by atoms with Crippen molar-refractivity contribution in [2.24, 2.45) is 11.5 Å². The van der Waals surface area contributed by atoms with Gasteiger partial charge in [0.1, 0.15) is 5.82 Å². The van der Waals surface area contributed by atoms with Crippen LogP contribution in [0.15, 0.2) is 67.3 Å². The zero-order chi connectivity index (χ0) is 25.8. The molecule has 2 atom stereocenters. The maximum atomic E-state index is 14.8. The van der Waals surface area contributed by atoms with Gasteiger partial charge in [-0.3, -0.25) is 14.5 Å². The number of halogens is 1. The molecule has 0 radical (unpaired) electrons. The molecular formula is C27H29FN8O. The van der Waals surface area contributed by atoms with Gasteiger partial charge in [0, 0.05) is 35.6 Å². The molecule has 1 aliphatic carbocycles. The summed E-state index contributed by atoms with van der Waals surface area (Å²) >= 11 is 0. The predicted octanol–water partition coefficient (Wildman–Crippen LogP) is 4.05. The molecule has 6 N–H and O–H groups in total. The van der Waals surface area contributed by atoms with Crippen molar-refractivity contribution >= 4 is 23.2 Å². The largest absolute Gasteiger partial charge is 0.365 e. The van der Waals surface area contributed by atoms with Crippen LogP contribution in [0.3, 0.4) is 0 Å². The Balaban J connectivity index is 1.38. The minimum absolute atomic E-state index is 0.0288. The molecule has 1 saturated carbocycles. The Morgan fingerprint density at radius 3 is 2.65 bits per heavy atom. The normalized spacial score (nSPS) is 17.4. The van der Waals surface area contributed by atoms with E-state index in [9.17, 15) is 9.18 Å². The molecule has 10 heteroatoms. The topological polar surface area (TPSA) is 137 Å². The first-order chi connectivity index (χ1) is 18.0. The number of carbonyl (C=O) groups excluding carboxylic acids is 1. The highest BCUT2D eigenvalue weighted by atomic mass is 19.1. The van der Waals surface area contributed by atoms with Crippen LogP contribution in [0, 0.1) is 5.82 Å². The highest BCUT2D eigenvalue weighted by Gasteiger charge is 2.24. The molecule has 0 spiro atoms. The molecule has 2 unspecified atom stereocenters. The van der Waals surface area contributed by atoms with Crippen LogP contribution in [0.4, 0.5) is 21.7 Å². The first-order valence-corrected chi connectivity index (χ1v) is 12.3. The average molecular weight is 501 g/mol. The van der Waals surface area contributed by atoms with E-state index in [-0.39, 0.29) is 29.3 Å². The number of nitrogens with one attached hydrogen (secondary N) is 2. The van der Waals surface area contributed by atoms with E-state index in [0.29, 0.717) is 12.2 Å². The number of primary amides is 1. The van der Waals surface area contributed by atoms with E-state index >= 15 is 0 Å². The lowest BCUT2D eigenvalue weighted by atomic mass is 9.91. The van der Waals surface area contributed by atoms with Crippen LogP contribution in [0.2, 0.25) is 0 Å². The van der Waals surface area contributed by atoms with Gasteiger partial charge >= 0.3 is 0 Å². The minimum atomic E-state index is -0.791. The van der Waals surface area contributed by atoms with E-state index in [1.54, 1.807) is 18.6 Å². The van der Waals surface area contributed by atoms with Gasteiger partial charge in [0.25, 0.3) is 5.91 Å². The number of hydrogen-bond acceptors (Lipinski definition) is 7. The van der Waals surface area contributed by atoms with E-state index < -0.39 is 11.7 Å². The third-order valence-electron chi connectivity index (χ3n) is 6.54. The van der Waals surface area contributed by atoms with Gasteiger partial charge in [-0.05, 0) is 30.5 Å². The molecule has 3 heterocycles. The number of nitrogens with zero attached hydrogens (tertiary/aromatic N) is 4. The Hall–Kier alpha value is -4.31. The van der Waals surface area contributed by atoms with E-state index in [0.717, 1.165) is 48.4 Å². The summed E-state index contributed by atoms with van der Waals surface area (Å²) in [4.78, 5) is 20.8. The number of pyridine rings is 2.